The van der Waals surface area contributed by atoms with Crippen LogP contribution in [0.3, 0.4) is 0 Å². The fraction of sp³-hybridized carbons (Fsp3) is 0.174. The number of carbonyl (C=O) groups is 1. The topological polar surface area (TPSA) is 89.2 Å². The average molecular weight is 452 g/mol. The van der Waals surface area contributed by atoms with Gasteiger partial charge in [-0.25, -0.2) is 0 Å². The first kappa shape index (κ1) is 21.6. The number of hydrogen-bond donors (Lipinski definition) is 2. The fourth-order valence-corrected chi connectivity index (χ4v) is 4.65. The quantitative estimate of drug-likeness (QED) is 0.706. The number of guanidine groups is 1. The van der Waals surface area contributed by atoms with Gasteiger partial charge in [0.15, 0.2) is 0 Å². The van der Waals surface area contributed by atoms with Gasteiger partial charge in [0.05, 0.1) is 11.6 Å². The van der Waals surface area contributed by atoms with E-state index in [1.54, 1.807) is 18.2 Å². The van der Waals surface area contributed by atoms with Crippen LogP contribution in [-0.2, 0) is 4.79 Å². The van der Waals surface area contributed by atoms with Crippen LogP contribution >= 0.6 is 11.8 Å². The normalized spacial score (nSPS) is 20.8. The molecular weight excluding hydrogens is 434 g/mol. The first-order chi connectivity index (χ1) is 15.4. The highest BCUT2D eigenvalue weighted by atomic mass is 32.2. The third kappa shape index (κ3) is 4.22. The van der Waals surface area contributed by atoms with E-state index in [-0.39, 0.29) is 17.6 Å². The lowest BCUT2D eigenvalue weighted by Crippen LogP contribution is -2.51. The van der Waals surface area contributed by atoms with E-state index in [2.05, 4.69) is 16.1 Å². The zero-order valence-corrected chi connectivity index (χ0v) is 17.7. The predicted octanol–water partition coefficient (Wildman–Crippen LogP) is 4.63. The molecule has 1 saturated heterocycles. The van der Waals surface area contributed by atoms with E-state index in [9.17, 15) is 13.6 Å². The van der Waals surface area contributed by atoms with Crippen LogP contribution in [0.2, 0.25) is 0 Å². The van der Waals surface area contributed by atoms with E-state index in [1.165, 1.54) is 35.8 Å². The van der Waals surface area contributed by atoms with Crippen LogP contribution in [0.25, 0.3) is 5.57 Å². The Morgan fingerprint density at radius 2 is 2.03 bits per heavy atom. The molecule has 9 heteroatoms. The van der Waals surface area contributed by atoms with E-state index >= 15 is 0 Å². The van der Waals surface area contributed by atoms with Crippen molar-refractivity contribution in [3.8, 4) is 11.8 Å². The fourth-order valence-electron chi connectivity index (χ4n) is 3.61. The zero-order valence-electron chi connectivity index (χ0n) is 16.9. The lowest BCUT2D eigenvalue weighted by molar-refractivity contribution is -0.128. The van der Waals surface area contributed by atoms with Crippen LogP contribution in [0, 0.1) is 16.7 Å². The Morgan fingerprint density at radius 1 is 1.28 bits per heavy atom. The summed E-state index contributed by atoms with van der Waals surface area (Å²) in [5.74, 6) is -1.03. The monoisotopic (exact) mass is 452 g/mol. The summed E-state index contributed by atoms with van der Waals surface area (Å²) in [6.45, 7) is -2.93. The third-order valence-electron chi connectivity index (χ3n) is 5.25. The van der Waals surface area contributed by atoms with Crippen LogP contribution in [0.4, 0.5) is 8.78 Å². The molecule has 2 aromatic rings. The number of rotatable bonds is 4. The van der Waals surface area contributed by atoms with Gasteiger partial charge in [0.2, 0.25) is 11.9 Å². The van der Waals surface area contributed by atoms with Gasteiger partial charge in [0, 0.05) is 24.1 Å². The molecular formula is C23H18F2N4O2S. The van der Waals surface area contributed by atoms with Gasteiger partial charge < -0.3 is 10.1 Å². The number of allylic oxidation sites excluding steroid dienone is 2. The number of benzene rings is 2. The van der Waals surface area contributed by atoms with Gasteiger partial charge in [-0.3, -0.25) is 15.1 Å². The molecule has 6 nitrogen and oxygen atoms in total. The number of thioether (sulfide) groups is 1. The number of halogens is 2. The van der Waals surface area contributed by atoms with Crippen molar-refractivity contribution in [3.63, 3.8) is 0 Å². The molecule has 0 bridgehead atoms. The van der Waals surface area contributed by atoms with Gasteiger partial charge in [-0.2, -0.15) is 14.0 Å². The van der Waals surface area contributed by atoms with Gasteiger partial charge in [0.25, 0.3) is 0 Å². The number of amides is 1. The minimum Gasteiger partial charge on any atom is -0.435 e. The average Bonchev–Trinajstić information content (AvgIpc) is 3.28. The maximum atomic E-state index is 13.1. The van der Waals surface area contributed by atoms with Crippen LogP contribution in [0.1, 0.15) is 29.0 Å². The Hall–Kier alpha value is -3.64. The Labute approximate surface area is 187 Å². The summed E-state index contributed by atoms with van der Waals surface area (Å²) in [5.41, 5.74) is 3.69. The lowest BCUT2D eigenvalue weighted by Gasteiger charge is -2.34. The van der Waals surface area contributed by atoms with Crippen LogP contribution in [0.5, 0.6) is 5.75 Å². The van der Waals surface area contributed by atoms with Gasteiger partial charge in [-0.15, -0.1) is 0 Å². The second kappa shape index (κ2) is 8.85. The van der Waals surface area contributed by atoms with Crippen molar-refractivity contribution >= 4 is 29.2 Å². The second-order valence-electron chi connectivity index (χ2n) is 7.22. The molecule has 0 spiro atoms. The Morgan fingerprint density at radius 3 is 2.72 bits per heavy atom. The van der Waals surface area contributed by atoms with Gasteiger partial charge in [-0.1, -0.05) is 36.0 Å². The summed E-state index contributed by atoms with van der Waals surface area (Å²) in [5, 5.41) is 22.3. The number of carbonyl (C=O) groups excluding carboxylic acids is 1. The Kier molecular flexibility index (Phi) is 5.97. The highest BCUT2D eigenvalue weighted by molar-refractivity contribution is 8.06. The Bertz CT molecular complexity index is 1190. The van der Waals surface area contributed by atoms with Crippen LogP contribution < -0.4 is 10.1 Å². The summed E-state index contributed by atoms with van der Waals surface area (Å²) in [6, 6.07) is 15.4. The molecule has 2 aliphatic heterocycles. The molecule has 32 heavy (non-hydrogen) atoms. The smallest absolute Gasteiger partial charge is 0.387 e. The summed E-state index contributed by atoms with van der Waals surface area (Å²) in [7, 11) is 1.51. The molecule has 0 aliphatic carbocycles. The first-order valence-corrected chi connectivity index (χ1v) is 10.5. The number of ether oxygens (including phenoxy) is 1. The molecule has 2 aliphatic rings. The molecule has 0 radical (unpaired) electrons. The van der Waals surface area contributed by atoms with Crippen LogP contribution in [-0.4, -0.2) is 30.4 Å². The minimum absolute atomic E-state index is 0.00633. The minimum atomic E-state index is -2.93. The van der Waals surface area contributed by atoms with E-state index in [1.807, 2.05) is 23.6 Å². The molecule has 0 unspecified atom stereocenters. The molecule has 2 aromatic carbocycles. The molecule has 2 heterocycles. The highest BCUT2D eigenvalue weighted by Gasteiger charge is 2.37. The number of nitrogens with one attached hydrogen (secondary N) is 2. The van der Waals surface area contributed by atoms with Crippen molar-refractivity contribution in [2.45, 2.75) is 19.0 Å². The molecule has 0 aromatic heterocycles. The zero-order chi connectivity index (χ0) is 22.8. The summed E-state index contributed by atoms with van der Waals surface area (Å²) in [4.78, 5) is 15.2. The van der Waals surface area contributed by atoms with Crippen LogP contribution in [0.15, 0.2) is 64.5 Å². The summed E-state index contributed by atoms with van der Waals surface area (Å²) in [6.07, 6.45) is 0.537. The van der Waals surface area contributed by atoms with Crippen molar-refractivity contribution < 1.29 is 18.3 Å². The number of hydrogen-bond acceptors (Lipinski definition) is 5. The predicted molar refractivity (Wildman–Crippen MR) is 118 cm³/mol. The number of alkyl halides is 2. The molecule has 1 fully saturated rings. The van der Waals surface area contributed by atoms with Crippen molar-refractivity contribution in [3.05, 3.63) is 81.2 Å². The third-order valence-corrected chi connectivity index (χ3v) is 6.30. The van der Waals surface area contributed by atoms with Crippen molar-refractivity contribution in [2.24, 2.45) is 0 Å². The van der Waals surface area contributed by atoms with E-state index < -0.39 is 12.5 Å². The van der Waals surface area contributed by atoms with Crippen molar-refractivity contribution in [1.29, 1.82) is 10.7 Å². The van der Waals surface area contributed by atoms with E-state index in [0.29, 0.717) is 23.2 Å². The van der Waals surface area contributed by atoms with Crippen molar-refractivity contribution in [2.75, 3.05) is 7.05 Å². The van der Waals surface area contributed by atoms with E-state index in [4.69, 9.17) is 10.7 Å². The largest absolute Gasteiger partial charge is 0.435 e. The number of likely N-dealkylation sites (N-methyl/N-ethyl adjacent to an activating group) is 1. The second-order valence-corrected chi connectivity index (χ2v) is 8.18. The van der Waals surface area contributed by atoms with Gasteiger partial charge in [-0.05, 0) is 46.4 Å². The summed E-state index contributed by atoms with van der Waals surface area (Å²) < 4.78 is 29.3. The SMILES string of the molecule is CN1C(=N)N/C(=C2\CC(c3cccc(C#N)c3)=CS2)[C@@H](c2ccc(OC(F)F)cc2)C1=O. The molecule has 162 valence electrons. The van der Waals surface area contributed by atoms with Crippen molar-refractivity contribution in [1.82, 2.24) is 10.2 Å². The maximum absolute atomic E-state index is 13.1. The molecule has 2 N–H and O–H groups in total. The number of nitrogens with zero attached hydrogens (tertiary/aromatic N) is 2. The van der Waals surface area contributed by atoms with Gasteiger partial charge in [0.1, 0.15) is 11.7 Å². The first-order valence-electron chi connectivity index (χ1n) is 9.64. The van der Waals surface area contributed by atoms with Gasteiger partial charge >= 0.3 is 6.61 Å². The standard InChI is InChI=1S/C23H18F2N4O2S/c1-29-21(30)19(14-5-7-17(8-6-14)31-22(24)25)20(28-23(29)27)18-10-16(12-32-18)15-4-2-3-13(9-15)11-26/h2-9,12,19,22H,10H2,1H3,(H2,27,28)/b20-18+/t19-/m1/s1. The maximum Gasteiger partial charge on any atom is 0.387 e. The summed E-state index contributed by atoms with van der Waals surface area (Å²) >= 11 is 1.46. The lowest BCUT2D eigenvalue weighted by atomic mass is 9.90. The molecule has 1 atom stereocenters. The Balaban J connectivity index is 1.67. The number of nitriles is 1. The van der Waals surface area contributed by atoms with E-state index in [0.717, 1.165) is 16.0 Å². The highest BCUT2D eigenvalue weighted by Crippen LogP contribution is 2.44. The molecule has 0 saturated carbocycles. The molecule has 4 rings (SSSR count). The molecule has 1 amide bonds.